The van der Waals surface area contributed by atoms with E-state index in [0.717, 1.165) is 5.56 Å². The Morgan fingerprint density at radius 2 is 1.86 bits per heavy atom. The number of imidazole rings is 1. The van der Waals surface area contributed by atoms with E-state index in [-0.39, 0.29) is 12.3 Å². The van der Waals surface area contributed by atoms with Crippen molar-refractivity contribution in [1.29, 1.82) is 0 Å². The van der Waals surface area contributed by atoms with Crippen LogP contribution in [0.5, 0.6) is 0 Å². The van der Waals surface area contributed by atoms with Gasteiger partial charge in [0.15, 0.2) is 0 Å². The van der Waals surface area contributed by atoms with Crippen LogP contribution in [0.4, 0.5) is 0 Å². The van der Waals surface area contributed by atoms with E-state index in [1.807, 2.05) is 30.3 Å². The summed E-state index contributed by atoms with van der Waals surface area (Å²) < 4.78 is 0. The molecule has 1 aliphatic heterocycles. The van der Waals surface area contributed by atoms with Gasteiger partial charge in [0.1, 0.15) is 18.1 Å². The summed E-state index contributed by atoms with van der Waals surface area (Å²) in [6.45, 7) is 3.85. The van der Waals surface area contributed by atoms with Gasteiger partial charge in [-0.3, -0.25) is 14.4 Å². The van der Waals surface area contributed by atoms with Crippen molar-refractivity contribution in [2.75, 3.05) is 6.54 Å². The molecule has 4 atom stereocenters. The third-order valence-corrected chi connectivity index (χ3v) is 6.30. The third-order valence-electron chi connectivity index (χ3n) is 6.30. The van der Waals surface area contributed by atoms with Gasteiger partial charge in [-0.2, -0.15) is 0 Å². The fourth-order valence-electron chi connectivity index (χ4n) is 4.32. The summed E-state index contributed by atoms with van der Waals surface area (Å²) in [4.78, 5) is 59.2. The number of carbonyl (C=O) groups excluding carboxylic acids is 3. The van der Waals surface area contributed by atoms with Crippen LogP contribution < -0.4 is 16.4 Å². The molecule has 11 heteroatoms. The molecule has 0 saturated carbocycles. The van der Waals surface area contributed by atoms with Crippen molar-refractivity contribution < 1.29 is 24.3 Å². The van der Waals surface area contributed by atoms with Crippen LogP contribution in [0, 0.1) is 5.92 Å². The first-order valence-corrected chi connectivity index (χ1v) is 12.1. The molecule has 4 unspecified atom stereocenters. The maximum absolute atomic E-state index is 13.4. The van der Waals surface area contributed by atoms with E-state index in [1.54, 1.807) is 13.8 Å². The van der Waals surface area contributed by atoms with Crippen LogP contribution in [0.25, 0.3) is 0 Å². The van der Waals surface area contributed by atoms with Crippen LogP contribution in [-0.2, 0) is 32.0 Å². The molecular weight excluding hydrogens is 464 g/mol. The van der Waals surface area contributed by atoms with Gasteiger partial charge in [0.05, 0.1) is 12.4 Å². The molecule has 1 aromatic carbocycles. The smallest absolute Gasteiger partial charge is 0.326 e. The topological polar surface area (TPSA) is 171 Å². The van der Waals surface area contributed by atoms with Gasteiger partial charge in [0.2, 0.25) is 17.7 Å². The van der Waals surface area contributed by atoms with E-state index in [4.69, 9.17) is 5.73 Å². The summed E-state index contributed by atoms with van der Waals surface area (Å²) >= 11 is 0. The van der Waals surface area contributed by atoms with E-state index in [2.05, 4.69) is 20.6 Å². The summed E-state index contributed by atoms with van der Waals surface area (Å²) in [5.41, 5.74) is 7.60. The number of likely N-dealkylation sites (tertiary alicyclic amines) is 1. The number of rotatable bonds is 11. The molecule has 1 aliphatic rings. The van der Waals surface area contributed by atoms with Crippen molar-refractivity contribution >= 4 is 23.7 Å². The van der Waals surface area contributed by atoms with Gasteiger partial charge in [-0.25, -0.2) is 9.78 Å². The number of amides is 3. The number of carboxylic acids is 1. The number of hydrogen-bond donors (Lipinski definition) is 5. The Kier molecular flexibility index (Phi) is 9.18. The van der Waals surface area contributed by atoms with E-state index >= 15 is 0 Å². The molecule has 1 aromatic heterocycles. The van der Waals surface area contributed by atoms with E-state index < -0.39 is 47.9 Å². The maximum Gasteiger partial charge on any atom is 0.326 e. The molecule has 194 valence electrons. The standard InChI is InChI=1S/C25H34N6O5/c1-15(2)21(30-22(32)18(26)11-16-7-4-3-5-8-16)23(33)29-19(12-17-13-27-14-28-17)24(34)31-10-6-9-20(31)25(35)36/h3-5,7-8,13-15,18-21H,6,9-12,26H2,1-2H3,(H,27,28)(H,29,33)(H,30,32)(H,35,36). The molecule has 3 rings (SSSR count). The molecule has 3 amide bonds. The predicted molar refractivity (Wildman–Crippen MR) is 131 cm³/mol. The van der Waals surface area contributed by atoms with Gasteiger partial charge < -0.3 is 31.4 Å². The van der Waals surface area contributed by atoms with Crippen LogP contribution in [0.15, 0.2) is 42.9 Å². The number of benzene rings is 1. The number of nitrogens with two attached hydrogens (primary N) is 1. The molecule has 2 aromatic rings. The molecule has 0 spiro atoms. The Morgan fingerprint density at radius 3 is 2.47 bits per heavy atom. The van der Waals surface area contributed by atoms with E-state index in [0.29, 0.717) is 31.5 Å². The number of hydrogen-bond acceptors (Lipinski definition) is 6. The van der Waals surface area contributed by atoms with E-state index in [9.17, 15) is 24.3 Å². The molecule has 1 saturated heterocycles. The van der Waals surface area contributed by atoms with Gasteiger partial charge in [0, 0.05) is 24.9 Å². The highest BCUT2D eigenvalue weighted by Crippen LogP contribution is 2.19. The second-order valence-corrected chi connectivity index (χ2v) is 9.40. The van der Waals surface area contributed by atoms with Crippen molar-refractivity contribution in [1.82, 2.24) is 25.5 Å². The van der Waals surface area contributed by atoms with Crippen molar-refractivity contribution in [2.45, 2.75) is 63.7 Å². The van der Waals surface area contributed by atoms with Gasteiger partial charge in [0.25, 0.3) is 0 Å². The second kappa shape index (κ2) is 12.3. The minimum absolute atomic E-state index is 0.0969. The molecule has 36 heavy (non-hydrogen) atoms. The Bertz CT molecular complexity index is 1040. The molecule has 6 N–H and O–H groups in total. The van der Waals surface area contributed by atoms with Crippen LogP contribution in [-0.4, -0.2) is 74.4 Å². The van der Waals surface area contributed by atoms with Crippen LogP contribution in [0.2, 0.25) is 0 Å². The molecule has 0 aliphatic carbocycles. The van der Waals surface area contributed by atoms with Crippen molar-refractivity contribution in [3.05, 3.63) is 54.1 Å². The fraction of sp³-hybridized carbons (Fsp3) is 0.480. The lowest BCUT2D eigenvalue weighted by Gasteiger charge is -2.29. The van der Waals surface area contributed by atoms with Gasteiger partial charge in [-0.05, 0) is 30.7 Å². The number of nitrogens with zero attached hydrogens (tertiary/aromatic N) is 2. The lowest BCUT2D eigenvalue weighted by Crippen LogP contribution is -2.59. The number of carbonyl (C=O) groups is 4. The van der Waals surface area contributed by atoms with Crippen LogP contribution in [0.1, 0.15) is 37.9 Å². The van der Waals surface area contributed by atoms with Crippen LogP contribution in [0.3, 0.4) is 0 Å². The fourth-order valence-corrected chi connectivity index (χ4v) is 4.32. The minimum atomic E-state index is -1.08. The van der Waals surface area contributed by atoms with Crippen molar-refractivity contribution in [3.8, 4) is 0 Å². The zero-order valence-electron chi connectivity index (χ0n) is 20.5. The predicted octanol–water partition coefficient (Wildman–Crippen LogP) is 0.223. The quantitative estimate of drug-likeness (QED) is 0.295. The van der Waals surface area contributed by atoms with Crippen molar-refractivity contribution in [2.24, 2.45) is 11.7 Å². The summed E-state index contributed by atoms with van der Waals surface area (Å²) in [6.07, 6.45) is 4.33. The number of aromatic nitrogens is 2. The van der Waals surface area contributed by atoms with Crippen LogP contribution >= 0.6 is 0 Å². The summed E-state index contributed by atoms with van der Waals surface area (Å²) in [5.74, 6) is -2.88. The van der Waals surface area contributed by atoms with Gasteiger partial charge >= 0.3 is 5.97 Å². The Labute approximate surface area is 209 Å². The Balaban J connectivity index is 1.72. The summed E-state index contributed by atoms with van der Waals surface area (Å²) in [5, 5.41) is 15.0. The first-order valence-electron chi connectivity index (χ1n) is 12.1. The number of H-pyrrole nitrogens is 1. The highest BCUT2D eigenvalue weighted by molar-refractivity contribution is 5.94. The monoisotopic (exact) mass is 498 g/mol. The van der Waals surface area contributed by atoms with Gasteiger partial charge in [-0.15, -0.1) is 0 Å². The Morgan fingerprint density at radius 1 is 1.14 bits per heavy atom. The lowest BCUT2D eigenvalue weighted by atomic mass is 10.0. The first kappa shape index (κ1) is 26.9. The number of carboxylic acid groups (broad SMARTS) is 1. The SMILES string of the molecule is CC(C)C(NC(=O)C(N)Cc1ccccc1)C(=O)NC(Cc1cnc[nH]1)C(=O)N1CCCC1C(=O)O. The second-order valence-electron chi connectivity index (χ2n) is 9.40. The van der Waals surface area contributed by atoms with E-state index in [1.165, 1.54) is 17.4 Å². The van der Waals surface area contributed by atoms with Gasteiger partial charge in [-0.1, -0.05) is 44.2 Å². The molecule has 1 fully saturated rings. The maximum atomic E-state index is 13.4. The zero-order valence-corrected chi connectivity index (χ0v) is 20.5. The molecule has 0 bridgehead atoms. The normalized spacial score (nSPS) is 17.9. The average molecular weight is 499 g/mol. The highest BCUT2D eigenvalue weighted by atomic mass is 16.4. The molecule has 11 nitrogen and oxygen atoms in total. The molecule has 0 radical (unpaired) electrons. The molecular formula is C25H34N6O5. The third kappa shape index (κ3) is 6.91. The lowest BCUT2D eigenvalue weighted by molar-refractivity contribution is -0.149. The number of nitrogens with one attached hydrogen (secondary N) is 3. The highest BCUT2D eigenvalue weighted by Gasteiger charge is 2.39. The first-order chi connectivity index (χ1) is 17.2. The number of aliphatic carboxylic acids is 1. The minimum Gasteiger partial charge on any atom is -0.480 e. The summed E-state index contributed by atoms with van der Waals surface area (Å²) in [7, 11) is 0. The van der Waals surface area contributed by atoms with Crippen molar-refractivity contribution in [3.63, 3.8) is 0 Å². The zero-order chi connectivity index (χ0) is 26.2. The summed E-state index contributed by atoms with van der Waals surface area (Å²) in [6, 6.07) is 5.56. The average Bonchev–Trinajstić information content (AvgIpc) is 3.54. The number of aromatic amines is 1. The molecule has 2 heterocycles. The largest absolute Gasteiger partial charge is 0.480 e. The Hall–Kier alpha value is -3.73.